The molecule has 2 unspecified atom stereocenters. The van der Waals surface area contributed by atoms with E-state index in [1.807, 2.05) is 39.1 Å². The van der Waals surface area contributed by atoms with Crippen molar-refractivity contribution < 1.29 is 13.2 Å². The van der Waals surface area contributed by atoms with Gasteiger partial charge in [0.25, 0.3) is 0 Å². The van der Waals surface area contributed by atoms with E-state index in [0.717, 1.165) is 5.56 Å². The van der Waals surface area contributed by atoms with Gasteiger partial charge in [0.15, 0.2) is 0 Å². The fourth-order valence-electron chi connectivity index (χ4n) is 2.49. The van der Waals surface area contributed by atoms with E-state index in [1.54, 1.807) is 6.07 Å². The van der Waals surface area contributed by atoms with Gasteiger partial charge >= 0.3 is 10.2 Å². The van der Waals surface area contributed by atoms with Crippen molar-refractivity contribution in [3.63, 3.8) is 0 Å². The molecule has 0 aliphatic carbocycles. The zero-order chi connectivity index (χ0) is 15.5. The van der Waals surface area contributed by atoms with Crippen molar-refractivity contribution in [1.29, 1.82) is 0 Å². The van der Waals surface area contributed by atoms with E-state index in [1.165, 1.54) is 4.31 Å². The summed E-state index contributed by atoms with van der Waals surface area (Å²) in [4.78, 5) is 0. The number of rotatable bonds is 5. The highest BCUT2D eigenvalue weighted by Crippen LogP contribution is 2.18. The monoisotopic (exact) mass is 313 g/mol. The Morgan fingerprint density at radius 1 is 1.29 bits per heavy atom. The SMILES string of the molecule is CNCc1cccc(NS(=O)(=O)N2CC(C)OC(C)C2)c1. The van der Waals surface area contributed by atoms with E-state index in [4.69, 9.17) is 4.74 Å². The van der Waals surface area contributed by atoms with Crippen LogP contribution in [0.2, 0.25) is 0 Å². The van der Waals surface area contributed by atoms with Crippen LogP contribution < -0.4 is 10.0 Å². The van der Waals surface area contributed by atoms with E-state index in [9.17, 15) is 8.42 Å². The highest BCUT2D eigenvalue weighted by molar-refractivity contribution is 7.90. The fraction of sp³-hybridized carbons (Fsp3) is 0.571. The molecule has 0 saturated carbocycles. The third-order valence-corrected chi connectivity index (χ3v) is 4.75. The maximum Gasteiger partial charge on any atom is 0.301 e. The zero-order valence-electron chi connectivity index (χ0n) is 12.7. The number of hydrogen-bond acceptors (Lipinski definition) is 4. The number of ether oxygens (including phenoxy) is 1. The second-order valence-corrected chi connectivity index (χ2v) is 7.08. The molecule has 0 aromatic heterocycles. The summed E-state index contributed by atoms with van der Waals surface area (Å²) in [5.41, 5.74) is 1.61. The van der Waals surface area contributed by atoms with Crippen LogP contribution in [0.5, 0.6) is 0 Å². The van der Waals surface area contributed by atoms with Crippen LogP contribution in [0.3, 0.4) is 0 Å². The minimum absolute atomic E-state index is 0.0963. The first kappa shape index (κ1) is 16.2. The van der Waals surface area contributed by atoms with Crippen molar-refractivity contribution in [2.75, 3.05) is 24.9 Å². The third-order valence-electron chi connectivity index (χ3n) is 3.28. The second-order valence-electron chi connectivity index (χ2n) is 5.41. The van der Waals surface area contributed by atoms with Crippen LogP contribution in [0.4, 0.5) is 5.69 Å². The molecule has 21 heavy (non-hydrogen) atoms. The van der Waals surface area contributed by atoms with Crippen molar-refractivity contribution in [3.8, 4) is 0 Å². The van der Waals surface area contributed by atoms with Gasteiger partial charge in [-0.2, -0.15) is 12.7 Å². The lowest BCUT2D eigenvalue weighted by Gasteiger charge is -2.34. The number of morpholine rings is 1. The predicted octanol–water partition coefficient (Wildman–Crippen LogP) is 1.17. The average Bonchev–Trinajstić information content (AvgIpc) is 2.38. The average molecular weight is 313 g/mol. The van der Waals surface area contributed by atoms with Crippen LogP contribution in [-0.2, 0) is 21.5 Å². The molecule has 1 heterocycles. The summed E-state index contributed by atoms with van der Waals surface area (Å²) in [5, 5.41) is 3.04. The van der Waals surface area contributed by atoms with Gasteiger partial charge in [0.1, 0.15) is 0 Å². The number of benzene rings is 1. The summed E-state index contributed by atoms with van der Waals surface area (Å²) in [6, 6.07) is 7.38. The number of hydrogen-bond donors (Lipinski definition) is 2. The molecule has 2 rings (SSSR count). The Kier molecular flexibility index (Phi) is 5.21. The number of anilines is 1. The highest BCUT2D eigenvalue weighted by Gasteiger charge is 2.30. The molecular weight excluding hydrogens is 290 g/mol. The summed E-state index contributed by atoms with van der Waals surface area (Å²) in [6.07, 6.45) is -0.193. The van der Waals surface area contributed by atoms with Crippen LogP contribution in [-0.4, -0.2) is 45.1 Å². The maximum atomic E-state index is 12.5. The lowest BCUT2D eigenvalue weighted by molar-refractivity contribution is -0.0439. The normalized spacial score (nSPS) is 24.0. The Bertz CT molecular complexity index is 567. The molecule has 6 nitrogen and oxygen atoms in total. The minimum Gasteiger partial charge on any atom is -0.373 e. The molecule has 1 aliphatic heterocycles. The molecule has 0 radical (unpaired) electrons. The van der Waals surface area contributed by atoms with Gasteiger partial charge in [0.05, 0.1) is 17.9 Å². The first-order valence-corrected chi connectivity index (χ1v) is 8.51. The van der Waals surface area contributed by atoms with Crippen molar-refractivity contribution in [2.24, 2.45) is 0 Å². The van der Waals surface area contributed by atoms with Crippen molar-refractivity contribution >= 4 is 15.9 Å². The molecule has 0 spiro atoms. The first-order valence-electron chi connectivity index (χ1n) is 7.07. The molecular formula is C14H23N3O3S. The van der Waals surface area contributed by atoms with Gasteiger partial charge in [0.2, 0.25) is 0 Å². The Balaban J connectivity index is 2.11. The highest BCUT2D eigenvalue weighted by atomic mass is 32.2. The maximum absolute atomic E-state index is 12.5. The van der Waals surface area contributed by atoms with Crippen molar-refractivity contribution in [3.05, 3.63) is 29.8 Å². The number of nitrogens with zero attached hydrogens (tertiary/aromatic N) is 1. The smallest absolute Gasteiger partial charge is 0.301 e. The fourth-order valence-corrected chi connectivity index (χ4v) is 3.86. The van der Waals surface area contributed by atoms with Gasteiger partial charge in [0, 0.05) is 19.6 Å². The molecule has 2 atom stereocenters. The zero-order valence-corrected chi connectivity index (χ0v) is 13.5. The molecule has 118 valence electrons. The summed E-state index contributed by atoms with van der Waals surface area (Å²) in [7, 11) is -1.70. The van der Waals surface area contributed by atoms with Gasteiger partial charge in [-0.1, -0.05) is 12.1 Å². The minimum atomic E-state index is -3.55. The summed E-state index contributed by atoms with van der Waals surface area (Å²) in [6.45, 7) is 5.20. The molecule has 0 bridgehead atoms. The van der Waals surface area contributed by atoms with Gasteiger partial charge in [-0.25, -0.2) is 0 Å². The Hall–Kier alpha value is -1.15. The van der Waals surface area contributed by atoms with Gasteiger partial charge in [-0.15, -0.1) is 0 Å². The summed E-state index contributed by atoms with van der Waals surface area (Å²) < 4.78 is 34.6. The van der Waals surface area contributed by atoms with E-state index in [2.05, 4.69) is 10.0 Å². The third kappa shape index (κ3) is 4.41. The standard InChI is InChI=1S/C14H23N3O3S/c1-11-9-17(10-12(2)20-11)21(18,19)16-14-6-4-5-13(7-14)8-15-3/h4-7,11-12,15-16H,8-10H2,1-3H3. The van der Waals surface area contributed by atoms with Gasteiger partial charge < -0.3 is 10.1 Å². The molecule has 2 N–H and O–H groups in total. The molecule has 7 heteroatoms. The Labute approximate surface area is 126 Å². The largest absolute Gasteiger partial charge is 0.373 e. The second kappa shape index (κ2) is 6.74. The van der Waals surface area contributed by atoms with Crippen LogP contribution in [0.15, 0.2) is 24.3 Å². The Morgan fingerprint density at radius 2 is 1.95 bits per heavy atom. The van der Waals surface area contributed by atoms with Crippen LogP contribution in [0, 0.1) is 0 Å². The van der Waals surface area contributed by atoms with Gasteiger partial charge in [-0.05, 0) is 38.6 Å². The topological polar surface area (TPSA) is 70.7 Å². The molecule has 0 amide bonds. The lowest BCUT2D eigenvalue weighted by atomic mass is 10.2. The molecule has 1 aromatic carbocycles. The molecule has 1 fully saturated rings. The van der Waals surface area contributed by atoms with Crippen molar-refractivity contribution in [2.45, 2.75) is 32.6 Å². The van der Waals surface area contributed by atoms with Crippen molar-refractivity contribution in [1.82, 2.24) is 9.62 Å². The molecule has 1 aromatic rings. The van der Waals surface area contributed by atoms with Crippen LogP contribution >= 0.6 is 0 Å². The number of nitrogens with one attached hydrogen (secondary N) is 2. The van der Waals surface area contributed by atoms with E-state index in [0.29, 0.717) is 25.3 Å². The summed E-state index contributed by atoms with van der Waals surface area (Å²) in [5.74, 6) is 0. The Morgan fingerprint density at radius 3 is 2.57 bits per heavy atom. The van der Waals surface area contributed by atoms with Crippen LogP contribution in [0.1, 0.15) is 19.4 Å². The van der Waals surface area contributed by atoms with E-state index < -0.39 is 10.2 Å². The van der Waals surface area contributed by atoms with Crippen LogP contribution in [0.25, 0.3) is 0 Å². The van der Waals surface area contributed by atoms with Gasteiger partial charge in [-0.3, -0.25) is 4.72 Å². The van der Waals surface area contributed by atoms with E-state index in [-0.39, 0.29) is 12.2 Å². The lowest BCUT2D eigenvalue weighted by Crippen LogP contribution is -2.49. The summed E-state index contributed by atoms with van der Waals surface area (Å²) >= 11 is 0. The first-order chi connectivity index (χ1) is 9.90. The molecule has 1 aliphatic rings. The molecule has 1 saturated heterocycles. The quantitative estimate of drug-likeness (QED) is 0.856. The predicted molar refractivity (Wildman–Crippen MR) is 83.3 cm³/mol. The van der Waals surface area contributed by atoms with E-state index >= 15 is 0 Å².